The number of halogens is 1. The van der Waals surface area contributed by atoms with Crippen molar-refractivity contribution in [2.24, 2.45) is 0 Å². The maximum Gasteiger partial charge on any atom is 0.243 e. The number of nitrogens with zero attached hydrogens (tertiary/aromatic N) is 1. The van der Waals surface area contributed by atoms with Gasteiger partial charge in [0.15, 0.2) is 0 Å². The van der Waals surface area contributed by atoms with Crippen LogP contribution in [0.25, 0.3) is 0 Å². The molecule has 0 spiro atoms. The maximum absolute atomic E-state index is 14.1. The van der Waals surface area contributed by atoms with Gasteiger partial charge in [0.05, 0.1) is 18.0 Å². The molecule has 0 heterocycles. The van der Waals surface area contributed by atoms with Crippen molar-refractivity contribution in [1.29, 1.82) is 0 Å². The molecule has 1 amide bonds. The molecule has 2 aromatic rings. The van der Waals surface area contributed by atoms with Crippen LogP contribution in [0.5, 0.6) is 0 Å². The van der Waals surface area contributed by atoms with Gasteiger partial charge in [-0.1, -0.05) is 35.9 Å². The van der Waals surface area contributed by atoms with E-state index < -0.39 is 28.3 Å². The summed E-state index contributed by atoms with van der Waals surface area (Å²) in [5, 5.41) is 2.68. The average Bonchev–Trinajstić information content (AvgIpc) is 2.63. The molecule has 2 aromatic carbocycles. The minimum Gasteiger partial charge on any atom is -0.383 e. The molecule has 0 aromatic heterocycles. The smallest absolute Gasteiger partial charge is 0.243 e. The number of hydrogen-bond acceptors (Lipinski definition) is 4. The van der Waals surface area contributed by atoms with Gasteiger partial charge in [-0.25, -0.2) is 12.8 Å². The Morgan fingerprint density at radius 3 is 2.43 bits per heavy atom. The Hall–Kier alpha value is -2.29. The van der Waals surface area contributed by atoms with Gasteiger partial charge in [0.2, 0.25) is 15.9 Å². The van der Waals surface area contributed by atoms with Crippen molar-refractivity contribution in [3.63, 3.8) is 0 Å². The summed E-state index contributed by atoms with van der Waals surface area (Å²) in [7, 11) is -2.49. The second-order valence-electron chi connectivity index (χ2n) is 6.60. The van der Waals surface area contributed by atoms with Gasteiger partial charge in [-0.2, -0.15) is 4.31 Å². The molecule has 0 saturated heterocycles. The van der Waals surface area contributed by atoms with Gasteiger partial charge in [-0.15, -0.1) is 0 Å². The molecule has 1 atom stereocenters. The van der Waals surface area contributed by atoms with Crippen LogP contribution in [-0.4, -0.2) is 44.9 Å². The van der Waals surface area contributed by atoms with E-state index in [0.717, 1.165) is 9.87 Å². The van der Waals surface area contributed by atoms with E-state index in [-0.39, 0.29) is 23.0 Å². The first-order valence-electron chi connectivity index (χ1n) is 8.82. The minimum atomic E-state index is -4.00. The molecule has 0 aliphatic carbocycles. The molecule has 0 bridgehead atoms. The monoisotopic (exact) mass is 408 g/mol. The van der Waals surface area contributed by atoms with Crippen LogP contribution in [0.2, 0.25) is 0 Å². The topological polar surface area (TPSA) is 75.7 Å². The quantitative estimate of drug-likeness (QED) is 0.692. The summed E-state index contributed by atoms with van der Waals surface area (Å²) < 4.78 is 46.3. The molecule has 0 unspecified atom stereocenters. The van der Waals surface area contributed by atoms with Gasteiger partial charge in [-0.3, -0.25) is 4.79 Å². The molecule has 0 aliphatic rings. The summed E-state index contributed by atoms with van der Waals surface area (Å²) in [6.45, 7) is 3.20. The first-order valence-corrected chi connectivity index (χ1v) is 10.3. The molecule has 28 heavy (non-hydrogen) atoms. The summed E-state index contributed by atoms with van der Waals surface area (Å²) in [6.07, 6.45) is 0. The summed E-state index contributed by atoms with van der Waals surface area (Å²) in [4.78, 5) is 12.4. The van der Waals surface area contributed by atoms with Crippen LogP contribution in [0.3, 0.4) is 0 Å². The molecule has 0 radical (unpaired) electrons. The third-order valence-corrected chi connectivity index (χ3v) is 5.91. The Balaban J connectivity index is 2.31. The van der Waals surface area contributed by atoms with Crippen LogP contribution in [0.4, 0.5) is 4.39 Å². The second-order valence-corrected chi connectivity index (χ2v) is 8.54. The fraction of sp³-hybridized carbons (Fsp3) is 0.350. The molecule has 6 nitrogen and oxygen atoms in total. The number of methoxy groups -OCH3 is 1. The lowest BCUT2D eigenvalue weighted by molar-refractivity contribution is -0.122. The molecule has 0 aliphatic heterocycles. The van der Waals surface area contributed by atoms with E-state index >= 15 is 0 Å². The predicted molar refractivity (Wildman–Crippen MR) is 105 cm³/mol. The minimum absolute atomic E-state index is 0.0483. The number of sulfonamides is 1. The lowest BCUT2D eigenvalue weighted by atomic mass is 10.2. The van der Waals surface area contributed by atoms with Gasteiger partial charge in [-0.05, 0) is 32.0 Å². The van der Waals surface area contributed by atoms with Crippen LogP contribution in [0.1, 0.15) is 18.1 Å². The zero-order chi connectivity index (χ0) is 20.7. The SMILES string of the molecule is COC[C@H](C)NC(=O)CN(Cc1ccccc1F)S(=O)(=O)c1ccc(C)cc1. The maximum atomic E-state index is 14.1. The van der Waals surface area contributed by atoms with Crippen LogP contribution in [0.15, 0.2) is 53.4 Å². The second kappa shape index (κ2) is 9.77. The van der Waals surface area contributed by atoms with Gasteiger partial charge >= 0.3 is 0 Å². The van der Waals surface area contributed by atoms with Crippen molar-refractivity contribution >= 4 is 15.9 Å². The summed E-state index contributed by atoms with van der Waals surface area (Å²) in [6, 6.07) is 11.9. The Morgan fingerprint density at radius 2 is 1.82 bits per heavy atom. The van der Waals surface area contributed by atoms with Crippen LogP contribution >= 0.6 is 0 Å². The van der Waals surface area contributed by atoms with Crippen molar-refractivity contribution in [2.75, 3.05) is 20.3 Å². The summed E-state index contributed by atoms with van der Waals surface area (Å²) in [5.74, 6) is -1.02. The molecule has 1 N–H and O–H groups in total. The van der Waals surface area contributed by atoms with E-state index in [4.69, 9.17) is 4.74 Å². The van der Waals surface area contributed by atoms with E-state index in [1.807, 2.05) is 6.92 Å². The fourth-order valence-electron chi connectivity index (χ4n) is 2.67. The third-order valence-electron chi connectivity index (χ3n) is 4.11. The number of hydrogen-bond donors (Lipinski definition) is 1. The lowest BCUT2D eigenvalue weighted by Crippen LogP contribution is -2.44. The molecule has 0 saturated carbocycles. The fourth-order valence-corrected chi connectivity index (χ4v) is 4.05. The highest BCUT2D eigenvalue weighted by Crippen LogP contribution is 2.20. The first-order chi connectivity index (χ1) is 13.2. The van der Waals surface area contributed by atoms with Crippen molar-refractivity contribution in [3.8, 4) is 0 Å². The van der Waals surface area contributed by atoms with Gasteiger partial charge in [0.25, 0.3) is 0 Å². The normalized spacial score (nSPS) is 12.8. The van der Waals surface area contributed by atoms with Gasteiger partial charge in [0, 0.05) is 25.3 Å². The van der Waals surface area contributed by atoms with Crippen molar-refractivity contribution < 1.29 is 22.3 Å². The molecule has 8 heteroatoms. The average molecular weight is 408 g/mol. The zero-order valence-electron chi connectivity index (χ0n) is 16.2. The van der Waals surface area contributed by atoms with E-state index in [1.54, 1.807) is 25.1 Å². The molecule has 0 fully saturated rings. The number of carbonyl (C=O) groups is 1. The molecular weight excluding hydrogens is 383 g/mol. The number of aryl methyl sites for hydroxylation is 1. The van der Waals surface area contributed by atoms with Crippen LogP contribution in [-0.2, 0) is 26.1 Å². The predicted octanol–water partition coefficient (Wildman–Crippen LogP) is 2.48. The van der Waals surface area contributed by atoms with Crippen molar-refractivity contribution in [1.82, 2.24) is 9.62 Å². The largest absolute Gasteiger partial charge is 0.383 e. The Morgan fingerprint density at radius 1 is 1.18 bits per heavy atom. The molecular formula is C20H25FN2O4S. The van der Waals surface area contributed by atoms with E-state index in [1.165, 1.54) is 37.4 Å². The standard InChI is InChI=1S/C20H25FN2O4S/c1-15-8-10-18(11-9-15)28(25,26)23(12-17-6-4-5-7-19(17)21)13-20(24)22-16(2)14-27-3/h4-11,16H,12-14H2,1-3H3,(H,22,24)/t16-/m0/s1. The van der Waals surface area contributed by atoms with E-state index in [0.29, 0.717) is 6.61 Å². The summed E-state index contributed by atoms with van der Waals surface area (Å²) in [5.41, 5.74) is 1.10. The third kappa shape index (κ3) is 5.85. The van der Waals surface area contributed by atoms with E-state index in [9.17, 15) is 17.6 Å². The highest BCUT2D eigenvalue weighted by Gasteiger charge is 2.28. The van der Waals surface area contributed by atoms with Gasteiger partial charge in [0.1, 0.15) is 5.82 Å². The van der Waals surface area contributed by atoms with E-state index in [2.05, 4.69) is 5.32 Å². The molecule has 2 rings (SSSR count). The van der Waals surface area contributed by atoms with Crippen molar-refractivity contribution in [2.45, 2.75) is 31.3 Å². The number of rotatable bonds is 9. The van der Waals surface area contributed by atoms with Crippen LogP contribution in [0, 0.1) is 12.7 Å². The first kappa shape index (κ1) is 22.0. The Labute approximate surface area is 165 Å². The highest BCUT2D eigenvalue weighted by molar-refractivity contribution is 7.89. The summed E-state index contributed by atoms with van der Waals surface area (Å²) >= 11 is 0. The van der Waals surface area contributed by atoms with Gasteiger partial charge < -0.3 is 10.1 Å². The number of carbonyl (C=O) groups excluding carboxylic acids is 1. The zero-order valence-corrected chi connectivity index (χ0v) is 17.0. The Kier molecular flexibility index (Phi) is 7.68. The number of amides is 1. The highest BCUT2D eigenvalue weighted by atomic mass is 32.2. The van der Waals surface area contributed by atoms with Crippen molar-refractivity contribution in [3.05, 3.63) is 65.5 Å². The number of nitrogens with one attached hydrogen (secondary N) is 1. The lowest BCUT2D eigenvalue weighted by Gasteiger charge is -2.23. The Bertz CT molecular complexity index is 901. The van der Waals surface area contributed by atoms with Crippen LogP contribution < -0.4 is 5.32 Å². The number of benzene rings is 2. The molecule has 152 valence electrons. The number of ether oxygens (including phenoxy) is 1.